The van der Waals surface area contributed by atoms with Gasteiger partial charge < -0.3 is 15.4 Å². The Bertz CT molecular complexity index is 745. The zero-order chi connectivity index (χ0) is 17.6. The highest BCUT2D eigenvalue weighted by Crippen LogP contribution is 2.27. The molecule has 0 aliphatic carbocycles. The Hall–Kier alpha value is -1.90. The minimum Gasteiger partial charge on any atom is -0.488 e. The summed E-state index contributed by atoms with van der Waals surface area (Å²) in [5.41, 5.74) is 1.68. The molecule has 2 aromatic carbocycles. The third-order valence-corrected chi connectivity index (χ3v) is 4.14. The SMILES string of the molecule is CN=C(NCCc1ccc(F)cc1F)NCC1Cc2ccccc2O1.I. The molecule has 2 aromatic rings. The second-order valence-electron chi connectivity index (χ2n) is 5.92. The number of guanidine groups is 1. The normalized spacial score (nSPS) is 15.7. The minimum atomic E-state index is -0.566. The minimum absolute atomic E-state index is 0. The first-order valence-electron chi connectivity index (χ1n) is 8.28. The van der Waals surface area contributed by atoms with Gasteiger partial charge >= 0.3 is 0 Å². The number of aliphatic imine (C=N–C) groups is 1. The second kappa shape index (κ2) is 9.70. The standard InChI is InChI=1S/C19H21F2N3O.HI/c1-22-19(23-9-8-13-6-7-15(20)11-17(13)21)24-12-16-10-14-4-2-3-5-18(14)25-16;/h2-7,11,16H,8-10,12H2,1H3,(H2,22,23,24);1H. The van der Waals surface area contributed by atoms with E-state index in [4.69, 9.17) is 4.74 Å². The molecule has 1 heterocycles. The van der Waals surface area contributed by atoms with Crippen LogP contribution < -0.4 is 15.4 Å². The molecule has 0 saturated heterocycles. The van der Waals surface area contributed by atoms with Gasteiger partial charge in [-0.05, 0) is 29.7 Å². The molecule has 1 atom stereocenters. The van der Waals surface area contributed by atoms with E-state index in [0.29, 0.717) is 31.0 Å². The average molecular weight is 473 g/mol. The summed E-state index contributed by atoms with van der Waals surface area (Å²) in [5.74, 6) is 0.470. The zero-order valence-corrected chi connectivity index (χ0v) is 16.8. The Morgan fingerprint density at radius 2 is 2.00 bits per heavy atom. The number of fused-ring (bicyclic) bond motifs is 1. The Kier molecular flexibility index (Phi) is 7.62. The molecule has 1 aliphatic heterocycles. The molecule has 0 radical (unpaired) electrons. The number of para-hydroxylation sites is 1. The molecule has 140 valence electrons. The fraction of sp³-hybridized carbons (Fsp3) is 0.316. The van der Waals surface area contributed by atoms with Gasteiger partial charge in [-0.1, -0.05) is 24.3 Å². The monoisotopic (exact) mass is 473 g/mol. The largest absolute Gasteiger partial charge is 0.488 e. The maximum absolute atomic E-state index is 13.6. The average Bonchev–Trinajstić information content (AvgIpc) is 3.02. The van der Waals surface area contributed by atoms with Gasteiger partial charge in [-0.15, -0.1) is 24.0 Å². The molecule has 3 rings (SSSR count). The summed E-state index contributed by atoms with van der Waals surface area (Å²) >= 11 is 0. The van der Waals surface area contributed by atoms with Crippen LogP contribution in [0.25, 0.3) is 0 Å². The van der Waals surface area contributed by atoms with E-state index in [1.165, 1.54) is 17.7 Å². The lowest BCUT2D eigenvalue weighted by Crippen LogP contribution is -2.42. The number of nitrogens with one attached hydrogen (secondary N) is 2. The van der Waals surface area contributed by atoms with E-state index < -0.39 is 11.6 Å². The summed E-state index contributed by atoms with van der Waals surface area (Å²) in [4.78, 5) is 4.15. The number of halogens is 3. The van der Waals surface area contributed by atoms with Crippen molar-refractivity contribution in [1.29, 1.82) is 0 Å². The van der Waals surface area contributed by atoms with Gasteiger partial charge in [0.2, 0.25) is 0 Å². The third kappa shape index (κ3) is 5.30. The van der Waals surface area contributed by atoms with Crippen molar-refractivity contribution in [2.45, 2.75) is 18.9 Å². The zero-order valence-electron chi connectivity index (χ0n) is 14.5. The van der Waals surface area contributed by atoms with Crippen molar-refractivity contribution < 1.29 is 13.5 Å². The van der Waals surface area contributed by atoms with Crippen LogP contribution in [0, 0.1) is 11.6 Å². The van der Waals surface area contributed by atoms with E-state index in [9.17, 15) is 8.78 Å². The van der Waals surface area contributed by atoms with Gasteiger partial charge in [0, 0.05) is 26.1 Å². The van der Waals surface area contributed by atoms with Crippen molar-refractivity contribution in [3.8, 4) is 5.75 Å². The van der Waals surface area contributed by atoms with Gasteiger partial charge in [0.05, 0.1) is 6.54 Å². The summed E-state index contributed by atoms with van der Waals surface area (Å²) in [6.45, 7) is 1.12. The highest BCUT2D eigenvalue weighted by atomic mass is 127. The predicted octanol–water partition coefficient (Wildman–Crippen LogP) is 3.29. The Balaban J connectivity index is 0.00000243. The first-order chi connectivity index (χ1) is 12.2. The first-order valence-corrected chi connectivity index (χ1v) is 8.28. The highest BCUT2D eigenvalue weighted by molar-refractivity contribution is 14.0. The van der Waals surface area contributed by atoms with Gasteiger partial charge in [0.25, 0.3) is 0 Å². The first kappa shape index (κ1) is 20.4. The molecule has 0 fully saturated rings. The number of rotatable bonds is 5. The fourth-order valence-electron chi connectivity index (χ4n) is 2.84. The van der Waals surface area contributed by atoms with Crippen molar-refractivity contribution in [2.24, 2.45) is 4.99 Å². The van der Waals surface area contributed by atoms with Gasteiger partial charge in [0.15, 0.2) is 5.96 Å². The maximum atomic E-state index is 13.6. The van der Waals surface area contributed by atoms with Crippen LogP contribution in [0.5, 0.6) is 5.75 Å². The highest BCUT2D eigenvalue weighted by Gasteiger charge is 2.22. The van der Waals surface area contributed by atoms with Crippen LogP contribution in [0.1, 0.15) is 11.1 Å². The molecule has 0 amide bonds. The van der Waals surface area contributed by atoms with E-state index in [1.54, 1.807) is 7.05 Å². The lowest BCUT2D eigenvalue weighted by Gasteiger charge is -2.15. The molecular weight excluding hydrogens is 451 g/mol. The molecule has 0 bridgehead atoms. The van der Waals surface area contributed by atoms with Gasteiger partial charge in [-0.2, -0.15) is 0 Å². The van der Waals surface area contributed by atoms with Crippen LogP contribution >= 0.6 is 24.0 Å². The summed E-state index contributed by atoms with van der Waals surface area (Å²) in [5, 5.41) is 6.34. The van der Waals surface area contributed by atoms with Gasteiger partial charge in [-0.25, -0.2) is 8.78 Å². The Morgan fingerprint density at radius 1 is 1.19 bits per heavy atom. The molecule has 1 aliphatic rings. The lowest BCUT2D eigenvalue weighted by atomic mass is 10.1. The third-order valence-electron chi connectivity index (χ3n) is 4.14. The number of ether oxygens (including phenoxy) is 1. The van der Waals surface area contributed by atoms with Crippen LogP contribution in [0.3, 0.4) is 0 Å². The van der Waals surface area contributed by atoms with Crippen molar-refractivity contribution in [2.75, 3.05) is 20.1 Å². The van der Waals surface area contributed by atoms with E-state index in [0.717, 1.165) is 18.2 Å². The molecule has 4 nitrogen and oxygen atoms in total. The van der Waals surface area contributed by atoms with Crippen LogP contribution in [0.2, 0.25) is 0 Å². The van der Waals surface area contributed by atoms with E-state index >= 15 is 0 Å². The van der Waals surface area contributed by atoms with Crippen molar-refractivity contribution >= 4 is 29.9 Å². The van der Waals surface area contributed by atoms with Gasteiger partial charge in [-0.3, -0.25) is 4.99 Å². The van der Waals surface area contributed by atoms with Crippen molar-refractivity contribution in [1.82, 2.24) is 10.6 Å². The molecule has 0 saturated carbocycles. The maximum Gasteiger partial charge on any atom is 0.191 e. The number of nitrogens with zero attached hydrogens (tertiary/aromatic N) is 1. The van der Waals surface area contributed by atoms with Crippen LogP contribution in [0.15, 0.2) is 47.5 Å². The summed E-state index contributed by atoms with van der Waals surface area (Å²) < 4.78 is 32.4. The second-order valence-corrected chi connectivity index (χ2v) is 5.92. The number of benzene rings is 2. The lowest BCUT2D eigenvalue weighted by molar-refractivity contribution is 0.235. The molecule has 7 heteroatoms. The molecule has 0 spiro atoms. The van der Waals surface area contributed by atoms with Crippen molar-refractivity contribution in [3.63, 3.8) is 0 Å². The number of hydrogen-bond acceptors (Lipinski definition) is 2. The van der Waals surface area contributed by atoms with Gasteiger partial charge in [0.1, 0.15) is 23.5 Å². The van der Waals surface area contributed by atoms with Crippen LogP contribution in [0.4, 0.5) is 8.78 Å². The number of hydrogen-bond donors (Lipinski definition) is 2. The van der Waals surface area contributed by atoms with Crippen LogP contribution in [-0.4, -0.2) is 32.2 Å². The summed E-state index contributed by atoms with van der Waals surface area (Å²) in [7, 11) is 1.68. The van der Waals surface area contributed by atoms with E-state index in [1.807, 2.05) is 18.2 Å². The molecular formula is C19H22F2IN3O. The van der Waals surface area contributed by atoms with E-state index in [-0.39, 0.29) is 30.1 Å². The molecule has 2 N–H and O–H groups in total. The van der Waals surface area contributed by atoms with Crippen molar-refractivity contribution in [3.05, 3.63) is 65.2 Å². The fourth-order valence-corrected chi connectivity index (χ4v) is 2.84. The molecule has 26 heavy (non-hydrogen) atoms. The van der Waals surface area contributed by atoms with E-state index in [2.05, 4.69) is 21.7 Å². The summed E-state index contributed by atoms with van der Waals surface area (Å²) in [6.07, 6.45) is 1.37. The Morgan fingerprint density at radius 3 is 2.73 bits per heavy atom. The summed E-state index contributed by atoms with van der Waals surface area (Å²) in [6, 6.07) is 11.6. The predicted molar refractivity (Wildman–Crippen MR) is 109 cm³/mol. The smallest absolute Gasteiger partial charge is 0.191 e. The quantitative estimate of drug-likeness (QED) is 0.398. The Labute approximate surface area is 169 Å². The molecule has 1 unspecified atom stereocenters. The van der Waals surface area contributed by atoms with Crippen LogP contribution in [-0.2, 0) is 12.8 Å². The molecule has 0 aromatic heterocycles. The topological polar surface area (TPSA) is 45.7 Å².